The van der Waals surface area contributed by atoms with Crippen molar-refractivity contribution in [3.63, 3.8) is 0 Å². The van der Waals surface area contributed by atoms with Crippen LogP contribution in [0.1, 0.15) is 17.3 Å². The number of halogens is 1. The maximum atomic E-state index is 11.7. The molecule has 0 aromatic carbocycles. The van der Waals surface area contributed by atoms with Crippen molar-refractivity contribution < 1.29 is 19.1 Å². The number of anilines is 1. The second kappa shape index (κ2) is 5.87. The molecule has 106 valence electrons. The average Bonchev–Trinajstić information content (AvgIpc) is 2.78. The molecule has 0 aliphatic carbocycles. The van der Waals surface area contributed by atoms with E-state index >= 15 is 0 Å². The van der Waals surface area contributed by atoms with E-state index < -0.39 is 12.1 Å². The largest absolute Gasteiger partial charge is 0.465 e. The van der Waals surface area contributed by atoms with Crippen LogP contribution in [-0.2, 0) is 9.47 Å². The number of aromatic nitrogens is 3. The van der Waals surface area contributed by atoms with Crippen molar-refractivity contribution in [3.8, 4) is 0 Å². The number of nitrogens with one attached hydrogen (secondary N) is 1. The van der Waals surface area contributed by atoms with E-state index in [1.165, 1.54) is 11.6 Å². The summed E-state index contributed by atoms with van der Waals surface area (Å²) < 4.78 is 11.4. The van der Waals surface area contributed by atoms with Crippen LogP contribution in [0.3, 0.4) is 0 Å². The number of esters is 1. The molecule has 0 bridgehead atoms. The monoisotopic (exact) mass is 342 g/mol. The van der Waals surface area contributed by atoms with Gasteiger partial charge in [-0.15, -0.1) is 5.10 Å². The number of hydrogen-bond acceptors (Lipinski definition) is 6. The molecule has 0 saturated heterocycles. The molecule has 2 aromatic heterocycles. The van der Waals surface area contributed by atoms with E-state index in [9.17, 15) is 9.59 Å². The van der Waals surface area contributed by atoms with Gasteiger partial charge in [-0.3, -0.25) is 5.32 Å². The van der Waals surface area contributed by atoms with Gasteiger partial charge in [-0.25, -0.2) is 14.1 Å². The molecule has 1 N–H and O–H groups in total. The summed E-state index contributed by atoms with van der Waals surface area (Å²) >= 11 is 3.26. The van der Waals surface area contributed by atoms with Gasteiger partial charge in [0.1, 0.15) is 5.56 Å². The van der Waals surface area contributed by atoms with Crippen LogP contribution in [0.4, 0.5) is 10.7 Å². The first kappa shape index (κ1) is 14.3. The Balaban J connectivity index is 2.42. The van der Waals surface area contributed by atoms with E-state index in [0.717, 1.165) is 0 Å². The van der Waals surface area contributed by atoms with Crippen LogP contribution < -0.4 is 5.32 Å². The number of fused-ring (bicyclic) bond motifs is 1. The van der Waals surface area contributed by atoms with Crippen molar-refractivity contribution in [2.24, 2.45) is 0 Å². The van der Waals surface area contributed by atoms with Gasteiger partial charge >= 0.3 is 12.1 Å². The Morgan fingerprint density at radius 1 is 1.50 bits per heavy atom. The molecule has 0 spiro atoms. The standard InChI is InChI=1S/C11H11BrN4O4/c1-3-20-11(18)14-10-13-8-7(9(17)19-2)4-6(12)5-16(8)15-10/h4-5H,3H2,1-2H3,(H,14,15,18). The Labute approximate surface area is 122 Å². The van der Waals surface area contributed by atoms with E-state index in [1.807, 2.05) is 0 Å². The fraction of sp³-hybridized carbons (Fsp3) is 0.273. The van der Waals surface area contributed by atoms with E-state index in [-0.39, 0.29) is 23.8 Å². The quantitative estimate of drug-likeness (QED) is 0.855. The number of methoxy groups -OCH3 is 1. The number of carbonyl (C=O) groups is 2. The van der Waals surface area contributed by atoms with Gasteiger partial charge in [0.25, 0.3) is 5.95 Å². The number of amides is 1. The molecule has 2 aromatic rings. The minimum absolute atomic E-state index is 0.0340. The van der Waals surface area contributed by atoms with Gasteiger partial charge in [-0.2, -0.15) is 4.98 Å². The molecule has 2 rings (SSSR count). The fourth-order valence-electron chi connectivity index (χ4n) is 1.53. The Hall–Kier alpha value is -2.16. The maximum absolute atomic E-state index is 11.7. The van der Waals surface area contributed by atoms with Gasteiger partial charge in [-0.1, -0.05) is 0 Å². The highest BCUT2D eigenvalue weighted by Gasteiger charge is 2.17. The number of rotatable bonds is 3. The summed E-state index contributed by atoms with van der Waals surface area (Å²) in [5.74, 6) is -0.516. The summed E-state index contributed by atoms with van der Waals surface area (Å²) in [6.45, 7) is 1.92. The zero-order valence-electron chi connectivity index (χ0n) is 10.7. The number of ether oxygens (including phenoxy) is 2. The molecular formula is C11H11BrN4O4. The normalized spacial score (nSPS) is 10.3. The SMILES string of the molecule is CCOC(=O)Nc1nc2c(C(=O)OC)cc(Br)cn2n1. The summed E-state index contributed by atoms with van der Waals surface area (Å²) in [5, 5.41) is 6.39. The van der Waals surface area contributed by atoms with E-state index in [4.69, 9.17) is 4.74 Å². The lowest BCUT2D eigenvalue weighted by Crippen LogP contribution is -2.14. The molecule has 0 atom stereocenters. The lowest BCUT2D eigenvalue weighted by atomic mass is 10.3. The van der Waals surface area contributed by atoms with Crippen molar-refractivity contribution >= 4 is 39.6 Å². The molecule has 8 nitrogen and oxygen atoms in total. The second-order valence-electron chi connectivity index (χ2n) is 3.61. The van der Waals surface area contributed by atoms with E-state index in [2.05, 4.69) is 36.1 Å². The zero-order chi connectivity index (χ0) is 14.7. The summed E-state index contributed by atoms with van der Waals surface area (Å²) in [4.78, 5) is 27.0. The van der Waals surface area contributed by atoms with Gasteiger partial charge in [0.05, 0.1) is 13.7 Å². The van der Waals surface area contributed by atoms with Crippen LogP contribution in [0.2, 0.25) is 0 Å². The molecule has 2 heterocycles. The first-order valence-corrected chi connectivity index (χ1v) is 6.42. The number of carbonyl (C=O) groups excluding carboxylic acids is 2. The number of nitrogens with zero attached hydrogens (tertiary/aromatic N) is 3. The molecule has 0 aliphatic heterocycles. The molecule has 0 aliphatic rings. The van der Waals surface area contributed by atoms with Gasteiger partial charge < -0.3 is 9.47 Å². The summed E-state index contributed by atoms with van der Waals surface area (Å²) in [6, 6.07) is 1.56. The lowest BCUT2D eigenvalue weighted by Gasteiger charge is -2.01. The Morgan fingerprint density at radius 2 is 2.25 bits per heavy atom. The van der Waals surface area contributed by atoms with Crippen LogP contribution in [0, 0.1) is 0 Å². The van der Waals surface area contributed by atoms with Gasteiger partial charge in [-0.05, 0) is 28.9 Å². The second-order valence-corrected chi connectivity index (χ2v) is 4.53. The summed E-state index contributed by atoms with van der Waals surface area (Å²) in [7, 11) is 1.27. The number of pyridine rings is 1. The highest BCUT2D eigenvalue weighted by Crippen LogP contribution is 2.18. The third kappa shape index (κ3) is 2.87. The first-order valence-electron chi connectivity index (χ1n) is 5.63. The predicted molar refractivity (Wildman–Crippen MR) is 72.7 cm³/mol. The molecular weight excluding hydrogens is 332 g/mol. The van der Waals surface area contributed by atoms with Crippen LogP contribution in [0.15, 0.2) is 16.7 Å². The lowest BCUT2D eigenvalue weighted by molar-refractivity contribution is 0.0602. The highest BCUT2D eigenvalue weighted by molar-refractivity contribution is 9.10. The number of hydrogen-bond donors (Lipinski definition) is 1. The fourth-order valence-corrected chi connectivity index (χ4v) is 1.95. The predicted octanol–water partition coefficient (Wildman–Crippen LogP) is 1.85. The van der Waals surface area contributed by atoms with Crippen LogP contribution >= 0.6 is 15.9 Å². The molecule has 0 saturated carbocycles. The molecule has 0 fully saturated rings. The molecule has 20 heavy (non-hydrogen) atoms. The summed E-state index contributed by atoms with van der Waals surface area (Å²) in [6.07, 6.45) is 0.938. The molecule has 0 unspecified atom stereocenters. The van der Waals surface area contributed by atoms with Crippen molar-refractivity contribution in [1.82, 2.24) is 14.6 Å². The third-order valence-electron chi connectivity index (χ3n) is 2.29. The minimum Gasteiger partial charge on any atom is -0.465 e. The Bertz CT molecular complexity index is 670. The Kier molecular flexibility index (Phi) is 4.18. The first-order chi connectivity index (χ1) is 9.55. The topological polar surface area (TPSA) is 94.8 Å². The van der Waals surface area contributed by atoms with Crippen molar-refractivity contribution in [3.05, 3.63) is 22.3 Å². The van der Waals surface area contributed by atoms with Crippen LogP contribution in [-0.4, -0.2) is 40.4 Å². The maximum Gasteiger partial charge on any atom is 0.414 e. The molecule has 9 heteroatoms. The van der Waals surface area contributed by atoms with Crippen molar-refractivity contribution in [2.75, 3.05) is 19.0 Å². The minimum atomic E-state index is -0.665. The molecule has 0 radical (unpaired) electrons. The average molecular weight is 343 g/mol. The summed E-state index contributed by atoms with van der Waals surface area (Å²) in [5.41, 5.74) is 0.498. The smallest absolute Gasteiger partial charge is 0.414 e. The third-order valence-corrected chi connectivity index (χ3v) is 2.73. The molecule has 1 amide bonds. The van der Waals surface area contributed by atoms with Crippen LogP contribution in [0.25, 0.3) is 5.65 Å². The van der Waals surface area contributed by atoms with Gasteiger partial charge in [0, 0.05) is 10.7 Å². The van der Waals surface area contributed by atoms with E-state index in [1.54, 1.807) is 19.2 Å². The highest BCUT2D eigenvalue weighted by atomic mass is 79.9. The van der Waals surface area contributed by atoms with Crippen molar-refractivity contribution in [2.45, 2.75) is 6.92 Å². The van der Waals surface area contributed by atoms with Gasteiger partial charge in [0.15, 0.2) is 5.65 Å². The van der Waals surface area contributed by atoms with Gasteiger partial charge in [0.2, 0.25) is 0 Å². The van der Waals surface area contributed by atoms with E-state index in [0.29, 0.717) is 4.47 Å². The Morgan fingerprint density at radius 3 is 2.90 bits per heavy atom. The van der Waals surface area contributed by atoms with Crippen molar-refractivity contribution in [1.29, 1.82) is 0 Å². The zero-order valence-corrected chi connectivity index (χ0v) is 12.3. The van der Waals surface area contributed by atoms with Crippen LogP contribution in [0.5, 0.6) is 0 Å².